The number of aryl methyl sites for hydroxylation is 1. The molecular weight excluding hydrogens is 438 g/mol. The van der Waals surface area contributed by atoms with Crippen LogP contribution in [0.5, 0.6) is 0 Å². The number of rotatable bonds is 14. The number of benzene rings is 1. The topological polar surface area (TPSA) is 126 Å². The Kier molecular flexibility index (Phi) is 10.0. The molecule has 2 amide bonds. The Balaban J connectivity index is 1.64. The molecule has 2 fully saturated rings. The second kappa shape index (κ2) is 12.9. The van der Waals surface area contributed by atoms with Gasteiger partial charge in [-0.1, -0.05) is 44.2 Å². The number of ether oxygens (including phenoxy) is 2. The van der Waals surface area contributed by atoms with Crippen LogP contribution in [0.25, 0.3) is 0 Å². The van der Waals surface area contributed by atoms with E-state index in [9.17, 15) is 19.5 Å². The number of nitrogens with one attached hydrogen (secondary N) is 3. The zero-order chi connectivity index (χ0) is 24.5. The molecule has 34 heavy (non-hydrogen) atoms. The van der Waals surface area contributed by atoms with Crippen LogP contribution in [-0.4, -0.2) is 66.6 Å². The number of hydrogen-bond acceptors (Lipinski definition) is 7. The summed E-state index contributed by atoms with van der Waals surface area (Å²) in [6.45, 7) is 4.88. The molecule has 0 spiro atoms. The fourth-order valence-corrected chi connectivity index (χ4v) is 3.88. The fraction of sp³-hybridized carbons (Fsp3) is 0.640. The molecule has 188 valence electrons. The van der Waals surface area contributed by atoms with Crippen molar-refractivity contribution < 1.29 is 29.0 Å². The summed E-state index contributed by atoms with van der Waals surface area (Å²) in [6.07, 6.45) is 2.06. The van der Waals surface area contributed by atoms with Crippen LogP contribution in [0.2, 0.25) is 0 Å². The summed E-state index contributed by atoms with van der Waals surface area (Å²) < 4.78 is 10.8. The van der Waals surface area contributed by atoms with Crippen molar-refractivity contribution >= 4 is 17.6 Å². The monoisotopic (exact) mass is 475 g/mol. The maximum Gasteiger partial charge on any atom is 0.289 e. The molecule has 9 heteroatoms. The predicted octanol–water partition coefficient (Wildman–Crippen LogP) is 1.04. The van der Waals surface area contributed by atoms with Gasteiger partial charge in [0.15, 0.2) is 0 Å². The summed E-state index contributed by atoms with van der Waals surface area (Å²) in [5.41, 5.74) is 1.01. The van der Waals surface area contributed by atoms with Crippen LogP contribution in [0.3, 0.4) is 0 Å². The van der Waals surface area contributed by atoms with Gasteiger partial charge in [0.05, 0.1) is 24.8 Å². The number of carbonyl (C=O) groups excluding carboxylic acids is 3. The molecule has 1 saturated carbocycles. The van der Waals surface area contributed by atoms with E-state index < -0.39 is 36.1 Å². The first kappa shape index (κ1) is 26.3. The lowest BCUT2D eigenvalue weighted by Crippen LogP contribution is -2.55. The van der Waals surface area contributed by atoms with Crippen LogP contribution in [0, 0.1) is 5.92 Å². The Bertz CT molecular complexity index is 808. The highest BCUT2D eigenvalue weighted by Gasteiger charge is 2.33. The first-order chi connectivity index (χ1) is 16.3. The van der Waals surface area contributed by atoms with Gasteiger partial charge in [-0.05, 0) is 50.0 Å². The minimum absolute atomic E-state index is 0.0455. The highest BCUT2D eigenvalue weighted by Crippen LogP contribution is 2.19. The summed E-state index contributed by atoms with van der Waals surface area (Å²) in [5.74, 6) is -1.63. The van der Waals surface area contributed by atoms with Crippen molar-refractivity contribution in [1.82, 2.24) is 16.0 Å². The summed E-state index contributed by atoms with van der Waals surface area (Å²) in [6, 6.07) is 7.89. The normalized spacial score (nSPS) is 20.5. The van der Waals surface area contributed by atoms with Crippen molar-refractivity contribution in [3.8, 4) is 0 Å². The SMILES string of the molecule is CC(C)CC(NC(O)O[C@H]1CCOC1)C(=O)N[C@@H](CCc1ccccc1)C(=O)C(=O)NC1CC1. The van der Waals surface area contributed by atoms with Crippen molar-refractivity contribution in [2.45, 2.75) is 83.0 Å². The minimum atomic E-state index is -1.35. The molecule has 1 aromatic carbocycles. The van der Waals surface area contributed by atoms with Crippen LogP contribution in [0.4, 0.5) is 0 Å². The van der Waals surface area contributed by atoms with E-state index in [-0.39, 0.29) is 18.1 Å². The average Bonchev–Trinajstić information content (AvgIpc) is 3.47. The molecule has 4 atom stereocenters. The number of carbonyl (C=O) groups is 3. The Morgan fingerprint density at radius 3 is 2.47 bits per heavy atom. The predicted molar refractivity (Wildman–Crippen MR) is 126 cm³/mol. The second-order valence-electron chi connectivity index (χ2n) is 9.52. The number of Topliss-reactive ketones (excluding diaryl/α,β-unsaturated/α-hetero) is 1. The summed E-state index contributed by atoms with van der Waals surface area (Å²) >= 11 is 0. The lowest BCUT2D eigenvalue weighted by molar-refractivity contribution is -0.162. The number of aliphatic hydroxyl groups excluding tert-OH is 1. The molecule has 0 bridgehead atoms. The maximum absolute atomic E-state index is 13.2. The molecule has 2 unspecified atom stereocenters. The molecule has 1 heterocycles. The van der Waals surface area contributed by atoms with Crippen LogP contribution in [-0.2, 0) is 30.3 Å². The van der Waals surface area contributed by atoms with E-state index in [2.05, 4.69) is 16.0 Å². The number of amides is 2. The van der Waals surface area contributed by atoms with Gasteiger partial charge in [-0.3, -0.25) is 19.7 Å². The van der Waals surface area contributed by atoms with Crippen molar-refractivity contribution in [3.05, 3.63) is 35.9 Å². The first-order valence-electron chi connectivity index (χ1n) is 12.2. The first-order valence-corrected chi connectivity index (χ1v) is 12.2. The third kappa shape index (κ3) is 8.79. The molecule has 1 aliphatic heterocycles. The molecule has 1 aliphatic carbocycles. The number of hydrogen-bond donors (Lipinski definition) is 4. The van der Waals surface area contributed by atoms with Crippen LogP contribution in [0.1, 0.15) is 51.5 Å². The summed E-state index contributed by atoms with van der Waals surface area (Å²) in [7, 11) is 0. The second-order valence-corrected chi connectivity index (χ2v) is 9.52. The maximum atomic E-state index is 13.2. The minimum Gasteiger partial charge on any atom is -0.379 e. The van der Waals surface area contributed by atoms with E-state index in [1.807, 2.05) is 44.2 Å². The number of ketones is 1. The lowest BCUT2D eigenvalue weighted by atomic mass is 9.99. The molecular formula is C25H37N3O6. The third-order valence-electron chi connectivity index (χ3n) is 5.91. The molecule has 1 aromatic rings. The van der Waals surface area contributed by atoms with Crippen molar-refractivity contribution in [3.63, 3.8) is 0 Å². The average molecular weight is 476 g/mol. The quantitative estimate of drug-likeness (QED) is 0.234. The van der Waals surface area contributed by atoms with E-state index >= 15 is 0 Å². The van der Waals surface area contributed by atoms with Crippen molar-refractivity contribution in [1.29, 1.82) is 0 Å². The van der Waals surface area contributed by atoms with Gasteiger partial charge in [0, 0.05) is 12.6 Å². The highest BCUT2D eigenvalue weighted by molar-refractivity contribution is 6.38. The van der Waals surface area contributed by atoms with Gasteiger partial charge in [-0.2, -0.15) is 0 Å². The van der Waals surface area contributed by atoms with Crippen LogP contribution in [0.15, 0.2) is 30.3 Å². The molecule has 9 nitrogen and oxygen atoms in total. The third-order valence-corrected chi connectivity index (χ3v) is 5.91. The molecule has 3 rings (SSSR count). The Hall–Kier alpha value is -2.33. The van der Waals surface area contributed by atoms with E-state index in [0.717, 1.165) is 18.4 Å². The zero-order valence-corrected chi connectivity index (χ0v) is 20.0. The van der Waals surface area contributed by atoms with Crippen molar-refractivity contribution in [2.75, 3.05) is 13.2 Å². The summed E-state index contributed by atoms with van der Waals surface area (Å²) in [5, 5.41) is 18.6. The van der Waals surface area contributed by atoms with E-state index in [0.29, 0.717) is 38.9 Å². The van der Waals surface area contributed by atoms with E-state index in [1.165, 1.54) is 0 Å². The van der Waals surface area contributed by atoms with E-state index in [1.54, 1.807) is 0 Å². The molecule has 4 N–H and O–H groups in total. The van der Waals surface area contributed by atoms with Gasteiger partial charge >= 0.3 is 0 Å². The van der Waals surface area contributed by atoms with Gasteiger partial charge in [-0.25, -0.2) is 0 Å². The number of aliphatic hydroxyl groups is 1. The fourth-order valence-electron chi connectivity index (χ4n) is 3.88. The zero-order valence-electron chi connectivity index (χ0n) is 20.0. The molecule has 2 aliphatic rings. The van der Waals surface area contributed by atoms with Gasteiger partial charge in [0.1, 0.15) is 0 Å². The van der Waals surface area contributed by atoms with E-state index in [4.69, 9.17) is 9.47 Å². The van der Waals surface area contributed by atoms with Crippen LogP contribution < -0.4 is 16.0 Å². The highest BCUT2D eigenvalue weighted by atomic mass is 16.6. The van der Waals surface area contributed by atoms with Crippen LogP contribution >= 0.6 is 0 Å². The molecule has 0 aromatic heterocycles. The Morgan fingerprint density at radius 2 is 1.85 bits per heavy atom. The van der Waals surface area contributed by atoms with Gasteiger partial charge in [0.25, 0.3) is 5.91 Å². The smallest absolute Gasteiger partial charge is 0.289 e. The van der Waals surface area contributed by atoms with Crippen molar-refractivity contribution in [2.24, 2.45) is 5.92 Å². The van der Waals surface area contributed by atoms with Gasteiger partial charge in [0.2, 0.25) is 18.1 Å². The largest absolute Gasteiger partial charge is 0.379 e. The molecule has 1 saturated heterocycles. The summed E-state index contributed by atoms with van der Waals surface area (Å²) in [4.78, 5) is 38.6. The Morgan fingerprint density at radius 1 is 1.12 bits per heavy atom. The molecule has 0 radical (unpaired) electrons. The van der Waals surface area contributed by atoms with Gasteiger partial charge in [-0.15, -0.1) is 0 Å². The standard InChI is InChI=1S/C25H37N3O6/c1-16(2)14-21(28-25(32)34-19-12-13-33-15-19)23(30)27-20(11-8-17-6-4-3-5-7-17)22(29)24(31)26-18-9-10-18/h3-7,16,18-21,25,28,32H,8-15H2,1-2H3,(H,26,31)(H,27,30)/t19-,20-,21?,25?/m0/s1. The van der Waals surface area contributed by atoms with Gasteiger partial charge < -0.3 is 25.2 Å². The Labute approximate surface area is 201 Å². The lowest BCUT2D eigenvalue weighted by Gasteiger charge is -2.26.